The molecule has 1 nitrogen and oxygen atoms in total. The lowest BCUT2D eigenvalue weighted by Crippen LogP contribution is -2.07. The quantitative estimate of drug-likeness (QED) is 0.580. The second-order valence-corrected chi connectivity index (χ2v) is 4.83. The highest BCUT2D eigenvalue weighted by molar-refractivity contribution is 6.30. The van der Waals surface area contributed by atoms with E-state index in [0.717, 1.165) is 18.2 Å². The molecular weight excluding hydrogens is 308 g/mol. The van der Waals surface area contributed by atoms with Gasteiger partial charge >= 0.3 is 6.18 Å². The van der Waals surface area contributed by atoms with Crippen LogP contribution in [0.4, 0.5) is 17.6 Å². The molecule has 2 aromatic rings. The van der Waals surface area contributed by atoms with Crippen LogP contribution in [0.15, 0.2) is 42.5 Å². The van der Waals surface area contributed by atoms with Gasteiger partial charge in [-0.1, -0.05) is 23.7 Å². The lowest BCUT2D eigenvalue weighted by Gasteiger charge is -2.07. The Bertz CT molecular complexity index is 662. The first-order valence-electron chi connectivity index (χ1n) is 5.92. The van der Waals surface area contributed by atoms with Crippen molar-refractivity contribution in [2.24, 2.45) is 0 Å². The molecule has 0 aliphatic rings. The summed E-state index contributed by atoms with van der Waals surface area (Å²) in [6.45, 7) is 0. The summed E-state index contributed by atoms with van der Waals surface area (Å²) in [5.41, 5.74) is -0.239. The highest BCUT2D eigenvalue weighted by Crippen LogP contribution is 2.29. The fourth-order valence-corrected chi connectivity index (χ4v) is 1.89. The number of ketones is 1. The number of halogens is 5. The number of alkyl halides is 3. The molecule has 0 bridgehead atoms. The highest BCUT2D eigenvalue weighted by atomic mass is 35.5. The molecule has 2 aromatic carbocycles. The van der Waals surface area contributed by atoms with Gasteiger partial charge in [0.15, 0.2) is 5.78 Å². The van der Waals surface area contributed by atoms with Gasteiger partial charge in [0, 0.05) is 12.0 Å². The van der Waals surface area contributed by atoms with Crippen molar-refractivity contribution in [1.82, 2.24) is 0 Å². The van der Waals surface area contributed by atoms with E-state index in [1.165, 1.54) is 24.3 Å². The lowest BCUT2D eigenvalue weighted by molar-refractivity contribution is -0.137. The smallest absolute Gasteiger partial charge is 0.294 e. The van der Waals surface area contributed by atoms with Crippen LogP contribution >= 0.6 is 11.6 Å². The van der Waals surface area contributed by atoms with Crippen LogP contribution in [0, 0.1) is 5.82 Å². The van der Waals surface area contributed by atoms with Crippen LogP contribution in [0.5, 0.6) is 0 Å². The Kier molecular flexibility index (Phi) is 4.32. The van der Waals surface area contributed by atoms with E-state index in [-0.39, 0.29) is 17.0 Å². The third-order valence-corrected chi connectivity index (χ3v) is 3.19. The third-order valence-electron chi connectivity index (χ3n) is 2.89. The molecule has 0 amide bonds. The monoisotopic (exact) mass is 316 g/mol. The highest BCUT2D eigenvalue weighted by Gasteiger charge is 2.29. The second kappa shape index (κ2) is 5.85. The van der Waals surface area contributed by atoms with Crippen molar-refractivity contribution in [3.05, 3.63) is 70.0 Å². The van der Waals surface area contributed by atoms with Gasteiger partial charge in [0.1, 0.15) is 5.82 Å². The average Bonchev–Trinajstić information content (AvgIpc) is 2.41. The maximum Gasteiger partial charge on any atom is 0.416 e. The predicted molar refractivity (Wildman–Crippen MR) is 70.9 cm³/mol. The standard InChI is InChI=1S/C15H9ClF4O/c16-12-6-3-10(8-13(12)17)14(21)7-9-1-4-11(5-2-9)15(18,19)20/h1-6,8H,7H2. The van der Waals surface area contributed by atoms with E-state index < -0.39 is 23.3 Å². The largest absolute Gasteiger partial charge is 0.416 e. The molecule has 110 valence electrons. The van der Waals surface area contributed by atoms with E-state index in [9.17, 15) is 22.4 Å². The molecule has 0 spiro atoms. The summed E-state index contributed by atoms with van der Waals surface area (Å²) in [5, 5.41) is -0.0962. The van der Waals surface area contributed by atoms with E-state index in [0.29, 0.717) is 5.56 Å². The topological polar surface area (TPSA) is 17.1 Å². The first-order chi connectivity index (χ1) is 9.77. The van der Waals surface area contributed by atoms with Gasteiger partial charge in [-0.3, -0.25) is 4.79 Å². The SMILES string of the molecule is O=C(Cc1ccc(C(F)(F)F)cc1)c1ccc(Cl)c(F)c1. The summed E-state index contributed by atoms with van der Waals surface area (Å²) in [6.07, 6.45) is -4.53. The van der Waals surface area contributed by atoms with Crippen LogP contribution in [0.3, 0.4) is 0 Å². The number of carbonyl (C=O) groups excluding carboxylic acids is 1. The number of rotatable bonds is 3. The zero-order valence-corrected chi connectivity index (χ0v) is 11.3. The fraction of sp³-hybridized carbons (Fsp3) is 0.133. The second-order valence-electron chi connectivity index (χ2n) is 4.42. The zero-order chi connectivity index (χ0) is 15.6. The summed E-state index contributed by atoms with van der Waals surface area (Å²) in [7, 11) is 0. The van der Waals surface area contributed by atoms with E-state index in [1.807, 2.05) is 0 Å². The van der Waals surface area contributed by atoms with Gasteiger partial charge < -0.3 is 0 Å². The summed E-state index contributed by atoms with van der Waals surface area (Å²) in [4.78, 5) is 11.9. The van der Waals surface area contributed by atoms with Crippen molar-refractivity contribution < 1.29 is 22.4 Å². The van der Waals surface area contributed by atoms with Crippen molar-refractivity contribution >= 4 is 17.4 Å². The van der Waals surface area contributed by atoms with Crippen LogP contribution in [-0.4, -0.2) is 5.78 Å². The van der Waals surface area contributed by atoms with Gasteiger partial charge in [-0.05, 0) is 35.9 Å². The molecule has 0 heterocycles. The molecule has 0 unspecified atom stereocenters. The van der Waals surface area contributed by atoms with Crippen molar-refractivity contribution in [2.45, 2.75) is 12.6 Å². The van der Waals surface area contributed by atoms with Crippen LogP contribution in [0.25, 0.3) is 0 Å². The van der Waals surface area contributed by atoms with Crippen LogP contribution in [0.1, 0.15) is 21.5 Å². The van der Waals surface area contributed by atoms with Gasteiger partial charge in [-0.2, -0.15) is 13.2 Å². The molecule has 0 fully saturated rings. The minimum absolute atomic E-state index is 0.0962. The number of hydrogen-bond donors (Lipinski definition) is 0. The Hall–Kier alpha value is -1.88. The van der Waals surface area contributed by atoms with E-state index in [1.54, 1.807) is 0 Å². The van der Waals surface area contributed by atoms with Crippen molar-refractivity contribution in [1.29, 1.82) is 0 Å². The lowest BCUT2D eigenvalue weighted by atomic mass is 10.0. The number of Topliss-reactive ketones (excluding diaryl/α,β-unsaturated/α-hetero) is 1. The Morgan fingerprint density at radius 1 is 1.05 bits per heavy atom. The van der Waals surface area contributed by atoms with E-state index in [4.69, 9.17) is 11.6 Å². The predicted octanol–water partition coefficient (Wildman–Crippen LogP) is 4.92. The third kappa shape index (κ3) is 3.82. The number of carbonyl (C=O) groups is 1. The van der Waals surface area contributed by atoms with Gasteiger partial charge in [0.05, 0.1) is 10.6 Å². The van der Waals surface area contributed by atoms with Gasteiger partial charge in [0.2, 0.25) is 0 Å². The molecule has 0 aliphatic carbocycles. The number of hydrogen-bond acceptors (Lipinski definition) is 1. The maximum atomic E-state index is 13.3. The van der Waals surface area contributed by atoms with Crippen LogP contribution < -0.4 is 0 Å². The van der Waals surface area contributed by atoms with E-state index in [2.05, 4.69) is 0 Å². The first kappa shape index (κ1) is 15.5. The summed E-state index contributed by atoms with van der Waals surface area (Å²) >= 11 is 5.51. The Morgan fingerprint density at radius 3 is 2.19 bits per heavy atom. The van der Waals surface area contributed by atoms with Crippen LogP contribution in [0.2, 0.25) is 5.02 Å². The molecule has 21 heavy (non-hydrogen) atoms. The van der Waals surface area contributed by atoms with Gasteiger partial charge in [-0.25, -0.2) is 4.39 Å². The molecule has 0 N–H and O–H groups in total. The first-order valence-corrected chi connectivity index (χ1v) is 6.29. The Morgan fingerprint density at radius 2 is 1.67 bits per heavy atom. The molecule has 0 radical (unpaired) electrons. The molecule has 0 saturated carbocycles. The summed E-state index contributed by atoms with van der Waals surface area (Å²) < 4.78 is 50.5. The molecule has 0 aromatic heterocycles. The Balaban J connectivity index is 2.14. The van der Waals surface area contributed by atoms with Crippen molar-refractivity contribution in [3.63, 3.8) is 0 Å². The summed E-state index contributed by atoms with van der Waals surface area (Å²) in [6, 6.07) is 7.92. The fourth-order valence-electron chi connectivity index (χ4n) is 1.77. The van der Waals surface area contributed by atoms with Crippen molar-refractivity contribution in [2.75, 3.05) is 0 Å². The van der Waals surface area contributed by atoms with Crippen molar-refractivity contribution in [3.8, 4) is 0 Å². The maximum absolute atomic E-state index is 13.3. The molecule has 0 saturated heterocycles. The molecule has 2 rings (SSSR count). The minimum atomic E-state index is -4.41. The van der Waals surface area contributed by atoms with E-state index >= 15 is 0 Å². The zero-order valence-electron chi connectivity index (χ0n) is 10.5. The molecule has 0 aliphatic heterocycles. The normalized spacial score (nSPS) is 11.5. The molecular formula is C15H9ClF4O. The van der Waals surface area contributed by atoms with Gasteiger partial charge in [0.25, 0.3) is 0 Å². The number of benzene rings is 2. The summed E-state index contributed by atoms with van der Waals surface area (Å²) in [5.74, 6) is -1.11. The average molecular weight is 317 g/mol. The molecule has 6 heteroatoms. The van der Waals surface area contributed by atoms with Gasteiger partial charge in [-0.15, -0.1) is 0 Å². The Labute approximate surface area is 123 Å². The van der Waals surface area contributed by atoms with Crippen LogP contribution in [-0.2, 0) is 12.6 Å². The molecule has 0 atom stereocenters. The minimum Gasteiger partial charge on any atom is -0.294 e.